The van der Waals surface area contributed by atoms with Crippen molar-refractivity contribution in [3.05, 3.63) is 108 Å². The Balaban J connectivity index is 1.34. The van der Waals surface area contributed by atoms with E-state index in [9.17, 15) is 14.1 Å². The van der Waals surface area contributed by atoms with Crippen LogP contribution in [0.2, 0.25) is 0 Å². The van der Waals surface area contributed by atoms with Gasteiger partial charge in [-0.05, 0) is 68.5 Å². The summed E-state index contributed by atoms with van der Waals surface area (Å²) in [5.74, 6) is -0.205. The van der Waals surface area contributed by atoms with Gasteiger partial charge in [0.05, 0.1) is 16.5 Å². The number of carbonyl (C=O) groups is 1. The van der Waals surface area contributed by atoms with Crippen molar-refractivity contribution in [3.63, 3.8) is 0 Å². The molecule has 0 bridgehead atoms. The molecule has 45 heavy (non-hydrogen) atoms. The highest BCUT2D eigenvalue weighted by molar-refractivity contribution is 7.84. The Morgan fingerprint density at radius 1 is 1.02 bits per heavy atom. The number of rotatable bonds is 9. The SMILES string of the molecule is CC(C)(C)[S@@](=O)N1Cc2cc(C(=O)N[C@@H]3CCN(Cc4ccccc4)C3)nc(-c3cccc(-c4cccnc4)c3)c2[C@H]1CCO. The fourth-order valence-electron chi connectivity index (χ4n) is 6.38. The summed E-state index contributed by atoms with van der Waals surface area (Å²) in [5, 5.41) is 13.4. The van der Waals surface area contributed by atoms with Gasteiger partial charge in [0.2, 0.25) is 0 Å². The number of aliphatic hydroxyl groups is 1. The molecule has 9 heteroatoms. The third kappa shape index (κ3) is 6.92. The van der Waals surface area contributed by atoms with E-state index in [4.69, 9.17) is 4.98 Å². The summed E-state index contributed by atoms with van der Waals surface area (Å²) in [6.07, 6.45) is 4.86. The van der Waals surface area contributed by atoms with Gasteiger partial charge >= 0.3 is 0 Å². The van der Waals surface area contributed by atoms with E-state index in [1.54, 1.807) is 6.20 Å². The highest BCUT2D eigenvalue weighted by Crippen LogP contribution is 2.44. The van der Waals surface area contributed by atoms with Crippen LogP contribution >= 0.6 is 0 Å². The second-order valence-corrected chi connectivity index (χ2v) is 15.1. The van der Waals surface area contributed by atoms with Crippen molar-refractivity contribution in [2.24, 2.45) is 0 Å². The predicted molar refractivity (Wildman–Crippen MR) is 178 cm³/mol. The minimum atomic E-state index is -1.33. The van der Waals surface area contributed by atoms with Crippen LogP contribution in [0.15, 0.2) is 85.2 Å². The van der Waals surface area contributed by atoms with E-state index in [0.717, 1.165) is 53.9 Å². The summed E-state index contributed by atoms with van der Waals surface area (Å²) in [4.78, 5) is 25.5. The monoisotopic (exact) mass is 623 g/mol. The van der Waals surface area contributed by atoms with E-state index in [1.807, 2.05) is 73.7 Å². The summed E-state index contributed by atoms with van der Waals surface area (Å²) in [7, 11) is -1.33. The average Bonchev–Trinajstić information content (AvgIpc) is 3.64. The first kappa shape index (κ1) is 31.2. The molecule has 4 heterocycles. The molecule has 2 aliphatic heterocycles. The van der Waals surface area contributed by atoms with Gasteiger partial charge in [-0.3, -0.25) is 14.7 Å². The topological polar surface area (TPSA) is 98.7 Å². The highest BCUT2D eigenvalue weighted by Gasteiger charge is 2.40. The van der Waals surface area contributed by atoms with Gasteiger partial charge in [0.15, 0.2) is 0 Å². The number of pyridine rings is 2. The molecule has 8 nitrogen and oxygen atoms in total. The normalized spacial score (nSPS) is 19.4. The Hall–Kier alpha value is -3.76. The van der Waals surface area contributed by atoms with Crippen molar-refractivity contribution in [2.75, 3.05) is 19.7 Å². The van der Waals surface area contributed by atoms with E-state index >= 15 is 0 Å². The molecule has 0 saturated carbocycles. The summed E-state index contributed by atoms with van der Waals surface area (Å²) in [6, 6.07) is 24.0. The molecule has 0 aliphatic carbocycles. The number of likely N-dealkylation sites (tertiary alicyclic amines) is 1. The van der Waals surface area contributed by atoms with E-state index in [-0.39, 0.29) is 24.6 Å². The number of aliphatic hydroxyl groups excluding tert-OH is 1. The molecule has 4 aromatic rings. The largest absolute Gasteiger partial charge is 0.396 e. The van der Waals surface area contributed by atoms with Gasteiger partial charge in [-0.2, -0.15) is 0 Å². The molecule has 2 aliphatic rings. The third-order valence-electron chi connectivity index (χ3n) is 8.51. The molecule has 1 saturated heterocycles. The van der Waals surface area contributed by atoms with Crippen molar-refractivity contribution >= 4 is 16.9 Å². The lowest BCUT2D eigenvalue weighted by Crippen LogP contribution is -2.37. The number of aromatic nitrogens is 2. The van der Waals surface area contributed by atoms with Crippen LogP contribution in [0.1, 0.15) is 66.8 Å². The van der Waals surface area contributed by atoms with Gasteiger partial charge in [0.1, 0.15) is 16.7 Å². The number of carbonyl (C=O) groups excluding carboxylic acids is 1. The molecule has 3 atom stereocenters. The maximum absolute atomic E-state index is 13.8. The van der Waals surface area contributed by atoms with Gasteiger partial charge in [-0.1, -0.05) is 54.6 Å². The first-order valence-electron chi connectivity index (χ1n) is 15.6. The molecule has 6 rings (SSSR count). The summed E-state index contributed by atoms with van der Waals surface area (Å²) in [5.41, 5.74) is 6.98. The second kappa shape index (κ2) is 13.3. The molecule has 1 fully saturated rings. The quantitative estimate of drug-likeness (QED) is 0.255. The van der Waals surface area contributed by atoms with Crippen molar-refractivity contribution in [1.82, 2.24) is 24.5 Å². The minimum absolute atomic E-state index is 0.0284. The summed E-state index contributed by atoms with van der Waals surface area (Å²) in [6.45, 7) is 8.79. The molecule has 1 amide bonds. The van der Waals surface area contributed by atoms with E-state index in [2.05, 4.69) is 45.5 Å². The van der Waals surface area contributed by atoms with Gasteiger partial charge < -0.3 is 10.4 Å². The first-order valence-corrected chi connectivity index (χ1v) is 16.7. The fraction of sp³-hybridized carbons (Fsp3) is 0.361. The maximum atomic E-state index is 13.8. The minimum Gasteiger partial charge on any atom is -0.396 e. The second-order valence-electron chi connectivity index (χ2n) is 12.9. The van der Waals surface area contributed by atoms with Crippen molar-refractivity contribution < 1.29 is 14.1 Å². The van der Waals surface area contributed by atoms with Crippen molar-refractivity contribution in [2.45, 2.75) is 63.5 Å². The number of amides is 1. The van der Waals surface area contributed by atoms with Crippen LogP contribution in [0.3, 0.4) is 0 Å². The number of nitrogens with zero attached hydrogens (tertiary/aromatic N) is 4. The van der Waals surface area contributed by atoms with Crippen LogP contribution in [-0.2, 0) is 24.1 Å². The average molecular weight is 624 g/mol. The molecule has 0 unspecified atom stereocenters. The Labute approximate surface area is 268 Å². The zero-order chi connectivity index (χ0) is 31.6. The number of hydrogen-bond donors (Lipinski definition) is 2. The highest BCUT2D eigenvalue weighted by atomic mass is 32.2. The molecule has 234 valence electrons. The van der Waals surface area contributed by atoms with Gasteiger partial charge in [-0.15, -0.1) is 0 Å². The van der Waals surface area contributed by atoms with Gasteiger partial charge in [0, 0.05) is 67.9 Å². The Morgan fingerprint density at radius 2 is 1.80 bits per heavy atom. The smallest absolute Gasteiger partial charge is 0.270 e. The van der Waals surface area contributed by atoms with E-state index in [1.165, 1.54) is 5.56 Å². The summed E-state index contributed by atoms with van der Waals surface area (Å²) >= 11 is 0. The van der Waals surface area contributed by atoms with Crippen LogP contribution in [-0.4, -0.2) is 64.9 Å². The number of benzene rings is 2. The molecule has 2 aromatic heterocycles. The van der Waals surface area contributed by atoms with Crippen LogP contribution in [0.4, 0.5) is 0 Å². The Kier molecular flexibility index (Phi) is 9.23. The molecular formula is C36H41N5O3S. The number of fused-ring (bicyclic) bond motifs is 1. The predicted octanol–water partition coefficient (Wildman–Crippen LogP) is 5.52. The molecule has 2 N–H and O–H groups in total. The Bertz CT molecular complexity index is 1680. The molecule has 0 spiro atoms. The zero-order valence-corrected chi connectivity index (χ0v) is 27.0. The zero-order valence-electron chi connectivity index (χ0n) is 26.1. The van der Waals surface area contributed by atoms with Crippen LogP contribution in [0.25, 0.3) is 22.4 Å². The molecular weight excluding hydrogens is 582 g/mol. The lowest BCUT2D eigenvalue weighted by Gasteiger charge is -2.30. The van der Waals surface area contributed by atoms with Crippen LogP contribution in [0.5, 0.6) is 0 Å². The van der Waals surface area contributed by atoms with Crippen molar-refractivity contribution in [1.29, 1.82) is 0 Å². The van der Waals surface area contributed by atoms with Crippen molar-refractivity contribution in [3.8, 4) is 22.4 Å². The molecule has 0 radical (unpaired) electrons. The maximum Gasteiger partial charge on any atom is 0.270 e. The van der Waals surface area contributed by atoms with Crippen LogP contribution in [0, 0.1) is 0 Å². The number of nitrogens with one attached hydrogen (secondary N) is 1. The summed E-state index contributed by atoms with van der Waals surface area (Å²) < 4.78 is 15.2. The lowest BCUT2D eigenvalue weighted by atomic mass is 9.94. The molecule has 2 aromatic carbocycles. The standard InChI is InChI=1S/C36H41N5O3S/c1-36(2,3)45(44)41-23-29-20-31(35(43)38-30-14-17-40(24-30)22-25-9-5-4-6-10-25)39-34(33(29)32(41)15-18-42)27-12-7-11-26(19-27)28-13-8-16-37-21-28/h4-13,16,19-21,30,32,42H,14-15,17-18,22-24H2,1-3H3,(H,38,43)/t30-,32-,45-/m1/s1. The van der Waals surface area contributed by atoms with E-state index in [0.29, 0.717) is 24.4 Å². The van der Waals surface area contributed by atoms with Gasteiger partial charge in [0.25, 0.3) is 5.91 Å². The Morgan fingerprint density at radius 3 is 2.53 bits per heavy atom. The lowest BCUT2D eigenvalue weighted by molar-refractivity contribution is 0.0932. The fourth-order valence-corrected chi connectivity index (χ4v) is 7.78. The van der Waals surface area contributed by atoms with E-state index < -0.39 is 15.7 Å². The number of hydrogen-bond acceptors (Lipinski definition) is 6. The van der Waals surface area contributed by atoms with Crippen LogP contribution < -0.4 is 5.32 Å². The third-order valence-corrected chi connectivity index (χ3v) is 10.4. The van der Waals surface area contributed by atoms with Gasteiger partial charge in [-0.25, -0.2) is 13.5 Å². The first-order chi connectivity index (χ1) is 21.7.